The van der Waals surface area contributed by atoms with E-state index in [-0.39, 0.29) is 58.2 Å². The van der Waals surface area contributed by atoms with Gasteiger partial charge in [-0.3, -0.25) is 0 Å². The molecule has 0 amide bonds. The van der Waals surface area contributed by atoms with E-state index in [4.69, 9.17) is 0 Å². The summed E-state index contributed by atoms with van der Waals surface area (Å²) in [7, 11) is 0. The molecule has 11 heavy (non-hydrogen) atoms. The molecule has 0 fully saturated rings. The van der Waals surface area contributed by atoms with Gasteiger partial charge < -0.3 is 10.2 Å². The molecule has 3 heteroatoms. The van der Waals surface area contributed by atoms with Crippen molar-refractivity contribution in [2.75, 3.05) is 0 Å². The second-order valence-corrected chi connectivity index (χ2v) is 1.23. The van der Waals surface area contributed by atoms with E-state index in [2.05, 4.69) is 10.2 Å². The van der Waals surface area contributed by atoms with E-state index in [0.29, 0.717) is 0 Å². The van der Waals surface area contributed by atoms with Crippen LogP contribution >= 0.6 is 0 Å². The van der Waals surface area contributed by atoms with Crippen LogP contribution in [0.3, 0.4) is 0 Å². The summed E-state index contributed by atoms with van der Waals surface area (Å²) in [6.45, 7) is 9.96. The molecule has 0 aliphatic rings. The fraction of sp³-hybridized carbons (Fsp3) is 0.625. The summed E-state index contributed by atoms with van der Waals surface area (Å²) in [6, 6.07) is 0. The standard InChI is InChI=1S/C4H5N2.2C2H6.Rb/c1-4-2-5-6-3-4;2*1-2;/h2-3H,1H3;2*1-2H3;/q-1;;;+1. The molecule has 0 aliphatic heterocycles. The van der Waals surface area contributed by atoms with Crippen molar-refractivity contribution in [1.29, 1.82) is 0 Å². The fourth-order valence-corrected chi connectivity index (χ4v) is 0.282. The molecule has 0 atom stereocenters. The predicted molar refractivity (Wildman–Crippen MR) is 45.0 cm³/mol. The van der Waals surface area contributed by atoms with Crippen LogP contribution in [0.15, 0.2) is 12.4 Å². The third kappa shape index (κ3) is 13.9. The monoisotopic (exact) mass is 226 g/mol. The van der Waals surface area contributed by atoms with Crippen LogP contribution in [0.2, 0.25) is 0 Å². The molecule has 0 saturated heterocycles. The Bertz CT molecular complexity index is 116. The normalized spacial score (nSPS) is 5.91. The van der Waals surface area contributed by atoms with Gasteiger partial charge in [-0.2, -0.15) is 6.20 Å². The minimum atomic E-state index is 0. The van der Waals surface area contributed by atoms with E-state index in [1.165, 1.54) is 0 Å². The molecule has 0 bridgehead atoms. The summed E-state index contributed by atoms with van der Waals surface area (Å²) in [5.74, 6) is 0. The Kier molecular flexibility index (Phi) is 28.0. The van der Waals surface area contributed by atoms with Gasteiger partial charge in [-0.05, 0) is 6.92 Å². The Labute approximate surface area is 119 Å². The van der Waals surface area contributed by atoms with Crippen LogP contribution in [0, 0.1) is 6.92 Å². The van der Waals surface area contributed by atoms with Crippen LogP contribution < -0.4 is 63.3 Å². The molecular weight excluding hydrogens is 210 g/mol. The van der Waals surface area contributed by atoms with E-state index in [1.807, 2.05) is 34.6 Å². The predicted octanol–water partition coefficient (Wildman–Crippen LogP) is -0.596. The molecule has 1 aromatic rings. The third-order valence-electron chi connectivity index (χ3n) is 0.589. The van der Waals surface area contributed by atoms with Gasteiger partial charge in [0.25, 0.3) is 0 Å². The third-order valence-corrected chi connectivity index (χ3v) is 0.589. The van der Waals surface area contributed by atoms with E-state index in [9.17, 15) is 0 Å². The second kappa shape index (κ2) is 17.2. The molecule has 0 N–H and O–H groups in total. The number of aromatic nitrogens is 2. The molecule has 0 saturated carbocycles. The average Bonchev–Trinajstić information content (AvgIpc) is 2.48. The van der Waals surface area contributed by atoms with Crippen LogP contribution in [-0.2, 0) is 0 Å². The molecule has 0 aliphatic carbocycles. The molecule has 0 radical (unpaired) electrons. The van der Waals surface area contributed by atoms with Crippen molar-refractivity contribution in [2.24, 2.45) is 0 Å². The Morgan fingerprint density at radius 1 is 1.18 bits per heavy atom. The number of hydrogen-bond acceptors (Lipinski definition) is 1. The van der Waals surface area contributed by atoms with Crippen LogP contribution in [0.4, 0.5) is 0 Å². The fourth-order valence-electron chi connectivity index (χ4n) is 0.282. The molecule has 0 aromatic carbocycles. The van der Waals surface area contributed by atoms with Gasteiger partial charge in [0.2, 0.25) is 0 Å². The van der Waals surface area contributed by atoms with Crippen molar-refractivity contribution in [3.8, 4) is 0 Å². The minimum absolute atomic E-state index is 0. The van der Waals surface area contributed by atoms with Crippen molar-refractivity contribution >= 4 is 0 Å². The summed E-state index contributed by atoms with van der Waals surface area (Å²) in [5, 5.41) is 7.14. The van der Waals surface area contributed by atoms with Crippen molar-refractivity contribution in [1.82, 2.24) is 10.2 Å². The molecule has 2 nitrogen and oxygen atoms in total. The number of aryl methyl sites for hydroxylation is 1. The van der Waals surface area contributed by atoms with Gasteiger partial charge in [-0.15, -0.1) is 0 Å². The van der Waals surface area contributed by atoms with Crippen LogP contribution in [0.5, 0.6) is 0 Å². The molecule has 0 unspecified atom stereocenters. The Hall–Kier alpha value is 1.02. The minimum Gasteiger partial charge on any atom is -0.582 e. The first-order valence-electron chi connectivity index (χ1n) is 3.79. The molecule has 1 aromatic heterocycles. The molecule has 0 spiro atoms. The summed E-state index contributed by atoms with van der Waals surface area (Å²) in [4.78, 5) is 0. The molecule has 60 valence electrons. The largest absolute Gasteiger partial charge is 1.00 e. The number of nitrogens with zero attached hydrogens (tertiary/aromatic N) is 2. The maximum atomic E-state index is 3.57. The maximum Gasteiger partial charge on any atom is 1.00 e. The first kappa shape index (κ1) is 17.9. The molecule has 1 heterocycles. The quantitative estimate of drug-likeness (QED) is 0.591. The maximum absolute atomic E-state index is 3.57. The number of hydrogen-bond donors (Lipinski definition) is 0. The number of rotatable bonds is 0. The zero-order valence-electron chi connectivity index (χ0n) is 8.55. The van der Waals surface area contributed by atoms with Gasteiger partial charge in [0.1, 0.15) is 0 Å². The summed E-state index contributed by atoms with van der Waals surface area (Å²) in [6.07, 6.45) is 3.44. The van der Waals surface area contributed by atoms with Crippen molar-refractivity contribution in [2.45, 2.75) is 34.6 Å². The van der Waals surface area contributed by atoms with Gasteiger partial charge in [0, 0.05) is 6.20 Å². The second-order valence-electron chi connectivity index (χ2n) is 1.23. The van der Waals surface area contributed by atoms with Gasteiger partial charge in [-0.1, -0.05) is 33.3 Å². The summed E-state index contributed by atoms with van der Waals surface area (Å²) < 4.78 is 0. The SMILES string of the molecule is CC.CC.Cc1cn[n-]c1.[Rb+]. The zero-order chi connectivity index (χ0) is 8.41. The van der Waals surface area contributed by atoms with Gasteiger partial charge in [0.15, 0.2) is 0 Å². The van der Waals surface area contributed by atoms with E-state index < -0.39 is 0 Å². The molecule has 1 rings (SSSR count). The van der Waals surface area contributed by atoms with Gasteiger partial charge >= 0.3 is 58.2 Å². The van der Waals surface area contributed by atoms with E-state index in [0.717, 1.165) is 5.56 Å². The van der Waals surface area contributed by atoms with Crippen molar-refractivity contribution in [3.63, 3.8) is 0 Å². The zero-order valence-corrected chi connectivity index (χ0v) is 13.5. The average molecular weight is 227 g/mol. The Balaban J connectivity index is -0.000000114. The topological polar surface area (TPSA) is 27.0 Å². The molecular formula is C8H17N2Rb. The van der Waals surface area contributed by atoms with E-state index >= 15 is 0 Å². The van der Waals surface area contributed by atoms with Crippen molar-refractivity contribution in [3.05, 3.63) is 18.0 Å². The van der Waals surface area contributed by atoms with E-state index in [1.54, 1.807) is 12.4 Å². The summed E-state index contributed by atoms with van der Waals surface area (Å²) in [5.41, 5.74) is 1.12. The first-order valence-corrected chi connectivity index (χ1v) is 3.79. The smallest absolute Gasteiger partial charge is 0.582 e. The summed E-state index contributed by atoms with van der Waals surface area (Å²) >= 11 is 0. The Morgan fingerprint density at radius 2 is 1.64 bits per heavy atom. The van der Waals surface area contributed by atoms with Crippen LogP contribution in [0.1, 0.15) is 33.3 Å². The first-order chi connectivity index (χ1) is 4.89. The van der Waals surface area contributed by atoms with Crippen molar-refractivity contribution < 1.29 is 58.2 Å². The van der Waals surface area contributed by atoms with Crippen LogP contribution in [0.25, 0.3) is 0 Å². The van der Waals surface area contributed by atoms with Gasteiger partial charge in [-0.25, -0.2) is 0 Å². The Morgan fingerprint density at radius 3 is 1.73 bits per heavy atom. The van der Waals surface area contributed by atoms with Gasteiger partial charge in [0.05, 0.1) is 0 Å². The van der Waals surface area contributed by atoms with Crippen LogP contribution in [-0.4, -0.2) is 5.10 Å².